The van der Waals surface area contributed by atoms with E-state index in [9.17, 15) is 0 Å². The molecule has 2 heterocycles. The van der Waals surface area contributed by atoms with Crippen molar-refractivity contribution < 1.29 is 9.47 Å². The number of nitrogens with zero attached hydrogens (tertiary/aromatic N) is 2. The standard InChI is InChI=1S/C15H14N4O2S/c22-15(19-18-9-12-3-1-2-6-16-12)17-8-11-4-5-13-14(7-11)21-10-20-13/h1-7,9H,8,10H2,(H2,17,19,22)/b18-9-. The van der Waals surface area contributed by atoms with Gasteiger partial charge in [-0.15, -0.1) is 0 Å². The fraction of sp³-hybridized carbons (Fsp3) is 0.133. The molecule has 2 aromatic rings. The smallest absolute Gasteiger partial charge is 0.231 e. The van der Waals surface area contributed by atoms with Gasteiger partial charge in [-0.3, -0.25) is 10.4 Å². The van der Waals surface area contributed by atoms with Gasteiger partial charge in [0.25, 0.3) is 0 Å². The minimum Gasteiger partial charge on any atom is -0.454 e. The Balaban J connectivity index is 1.47. The minimum absolute atomic E-state index is 0.272. The number of hydrogen-bond acceptors (Lipinski definition) is 5. The SMILES string of the molecule is S=C(NCc1ccc2c(c1)OCO2)N/N=C\c1ccccn1. The summed E-state index contributed by atoms with van der Waals surface area (Å²) in [5.74, 6) is 1.52. The van der Waals surface area contributed by atoms with Crippen molar-refractivity contribution in [3.63, 3.8) is 0 Å². The first-order valence-electron chi connectivity index (χ1n) is 6.68. The minimum atomic E-state index is 0.272. The van der Waals surface area contributed by atoms with E-state index in [2.05, 4.69) is 20.8 Å². The molecule has 0 atom stereocenters. The Kier molecular flexibility index (Phi) is 4.45. The monoisotopic (exact) mass is 314 g/mol. The Hall–Kier alpha value is -2.67. The van der Waals surface area contributed by atoms with Gasteiger partial charge in [-0.25, -0.2) is 0 Å². The molecule has 2 N–H and O–H groups in total. The predicted octanol–water partition coefficient (Wildman–Crippen LogP) is 1.81. The van der Waals surface area contributed by atoms with E-state index in [1.807, 2.05) is 36.4 Å². The molecule has 0 amide bonds. The molecule has 7 heteroatoms. The molecule has 0 saturated carbocycles. The molecule has 1 aromatic heterocycles. The van der Waals surface area contributed by atoms with Gasteiger partial charge in [0.15, 0.2) is 16.6 Å². The van der Waals surface area contributed by atoms with Crippen molar-refractivity contribution in [2.24, 2.45) is 5.10 Å². The van der Waals surface area contributed by atoms with Gasteiger partial charge in [0, 0.05) is 12.7 Å². The highest BCUT2D eigenvalue weighted by molar-refractivity contribution is 7.80. The maximum atomic E-state index is 5.33. The lowest BCUT2D eigenvalue weighted by Gasteiger charge is -2.07. The number of hydrogen-bond donors (Lipinski definition) is 2. The number of aromatic nitrogens is 1. The fourth-order valence-corrected chi connectivity index (χ4v) is 2.01. The second-order valence-corrected chi connectivity index (χ2v) is 4.90. The second kappa shape index (κ2) is 6.86. The summed E-state index contributed by atoms with van der Waals surface area (Å²) in [7, 11) is 0. The number of ether oxygens (including phenoxy) is 2. The van der Waals surface area contributed by atoms with E-state index < -0.39 is 0 Å². The van der Waals surface area contributed by atoms with E-state index in [1.54, 1.807) is 12.4 Å². The van der Waals surface area contributed by atoms with Gasteiger partial charge in [-0.1, -0.05) is 12.1 Å². The van der Waals surface area contributed by atoms with Crippen LogP contribution in [-0.2, 0) is 6.54 Å². The summed E-state index contributed by atoms with van der Waals surface area (Å²) in [6.45, 7) is 0.843. The maximum Gasteiger partial charge on any atom is 0.231 e. The Labute approximate surface area is 133 Å². The van der Waals surface area contributed by atoms with Crippen LogP contribution in [0.3, 0.4) is 0 Å². The van der Waals surface area contributed by atoms with Crippen molar-refractivity contribution >= 4 is 23.5 Å². The van der Waals surface area contributed by atoms with E-state index in [0.29, 0.717) is 11.7 Å². The zero-order valence-electron chi connectivity index (χ0n) is 11.7. The zero-order chi connectivity index (χ0) is 15.2. The first kappa shape index (κ1) is 14.3. The molecule has 3 rings (SSSR count). The molecular formula is C15H14N4O2S. The molecule has 0 unspecified atom stereocenters. The highest BCUT2D eigenvalue weighted by Gasteiger charge is 2.12. The highest BCUT2D eigenvalue weighted by atomic mass is 32.1. The van der Waals surface area contributed by atoms with Crippen LogP contribution in [-0.4, -0.2) is 23.1 Å². The average molecular weight is 314 g/mol. The molecule has 0 saturated heterocycles. The molecule has 22 heavy (non-hydrogen) atoms. The van der Waals surface area contributed by atoms with Crippen molar-refractivity contribution in [1.82, 2.24) is 15.7 Å². The van der Waals surface area contributed by atoms with E-state index in [1.165, 1.54) is 0 Å². The maximum absolute atomic E-state index is 5.33. The predicted molar refractivity (Wildman–Crippen MR) is 87.0 cm³/mol. The van der Waals surface area contributed by atoms with Crippen LogP contribution in [0.15, 0.2) is 47.7 Å². The summed E-state index contributed by atoms with van der Waals surface area (Å²) in [5, 5.41) is 7.53. The summed E-state index contributed by atoms with van der Waals surface area (Å²) in [4.78, 5) is 4.12. The molecule has 0 aliphatic carbocycles. The summed E-state index contributed by atoms with van der Waals surface area (Å²) < 4.78 is 10.6. The van der Waals surface area contributed by atoms with Gasteiger partial charge in [-0.2, -0.15) is 5.10 Å². The largest absolute Gasteiger partial charge is 0.454 e. The molecular weight excluding hydrogens is 300 g/mol. The summed E-state index contributed by atoms with van der Waals surface area (Å²) >= 11 is 5.16. The van der Waals surface area contributed by atoms with E-state index >= 15 is 0 Å². The number of benzene rings is 1. The lowest BCUT2D eigenvalue weighted by Crippen LogP contribution is -2.31. The van der Waals surface area contributed by atoms with Gasteiger partial charge in [-0.05, 0) is 42.0 Å². The van der Waals surface area contributed by atoms with Gasteiger partial charge in [0.05, 0.1) is 11.9 Å². The Morgan fingerprint density at radius 3 is 3.05 bits per heavy atom. The molecule has 0 radical (unpaired) electrons. The van der Waals surface area contributed by atoms with Crippen LogP contribution >= 0.6 is 12.2 Å². The van der Waals surface area contributed by atoms with Gasteiger partial charge in [0.2, 0.25) is 6.79 Å². The van der Waals surface area contributed by atoms with E-state index in [-0.39, 0.29) is 6.79 Å². The van der Waals surface area contributed by atoms with Crippen LogP contribution in [0.25, 0.3) is 0 Å². The van der Waals surface area contributed by atoms with E-state index in [0.717, 1.165) is 22.8 Å². The Morgan fingerprint density at radius 1 is 1.27 bits per heavy atom. The molecule has 0 bridgehead atoms. The summed E-state index contributed by atoms with van der Waals surface area (Å²) in [5.41, 5.74) is 4.55. The topological polar surface area (TPSA) is 67.8 Å². The number of fused-ring (bicyclic) bond motifs is 1. The van der Waals surface area contributed by atoms with Crippen LogP contribution in [0.4, 0.5) is 0 Å². The van der Waals surface area contributed by atoms with E-state index in [4.69, 9.17) is 21.7 Å². The molecule has 112 valence electrons. The van der Waals surface area contributed by atoms with Crippen LogP contribution < -0.4 is 20.2 Å². The average Bonchev–Trinajstić information content (AvgIpc) is 3.01. The first-order chi connectivity index (χ1) is 10.8. The quantitative estimate of drug-likeness (QED) is 0.510. The van der Waals surface area contributed by atoms with Crippen LogP contribution in [0, 0.1) is 0 Å². The van der Waals surface area contributed by atoms with Gasteiger partial charge >= 0.3 is 0 Å². The third-order valence-corrected chi connectivity index (χ3v) is 3.18. The van der Waals surface area contributed by atoms with Crippen molar-refractivity contribution in [2.75, 3.05) is 6.79 Å². The molecule has 0 spiro atoms. The van der Waals surface area contributed by atoms with Crippen LogP contribution in [0.1, 0.15) is 11.3 Å². The zero-order valence-corrected chi connectivity index (χ0v) is 12.5. The normalized spacial score (nSPS) is 12.4. The molecule has 6 nitrogen and oxygen atoms in total. The van der Waals surface area contributed by atoms with Gasteiger partial charge in [0.1, 0.15) is 0 Å². The summed E-state index contributed by atoms with van der Waals surface area (Å²) in [6, 6.07) is 11.4. The van der Waals surface area contributed by atoms with Crippen molar-refractivity contribution in [1.29, 1.82) is 0 Å². The number of nitrogens with one attached hydrogen (secondary N) is 2. The molecule has 1 aliphatic heterocycles. The number of hydrazone groups is 1. The van der Waals surface area contributed by atoms with Crippen molar-refractivity contribution in [3.8, 4) is 11.5 Å². The number of pyridine rings is 1. The van der Waals surface area contributed by atoms with Crippen LogP contribution in [0.5, 0.6) is 11.5 Å². The van der Waals surface area contributed by atoms with Crippen LogP contribution in [0.2, 0.25) is 0 Å². The number of rotatable bonds is 4. The Morgan fingerprint density at radius 2 is 2.18 bits per heavy atom. The lowest BCUT2D eigenvalue weighted by atomic mass is 10.2. The van der Waals surface area contributed by atoms with Crippen molar-refractivity contribution in [3.05, 3.63) is 53.9 Å². The van der Waals surface area contributed by atoms with Crippen molar-refractivity contribution in [2.45, 2.75) is 6.54 Å². The fourth-order valence-electron chi connectivity index (χ4n) is 1.88. The summed E-state index contributed by atoms with van der Waals surface area (Å²) in [6.07, 6.45) is 3.31. The third-order valence-electron chi connectivity index (χ3n) is 2.94. The number of thiocarbonyl (C=S) groups is 1. The second-order valence-electron chi connectivity index (χ2n) is 4.49. The van der Waals surface area contributed by atoms with Gasteiger partial charge < -0.3 is 14.8 Å². The molecule has 0 fully saturated rings. The Bertz CT molecular complexity index is 691. The third kappa shape index (κ3) is 3.70. The molecule has 1 aliphatic rings. The highest BCUT2D eigenvalue weighted by Crippen LogP contribution is 2.32. The lowest BCUT2D eigenvalue weighted by molar-refractivity contribution is 0.174. The molecule has 1 aromatic carbocycles. The first-order valence-corrected chi connectivity index (χ1v) is 7.08.